The number of aromatic nitrogens is 4. The van der Waals surface area contributed by atoms with Gasteiger partial charge in [-0.15, -0.1) is 10.2 Å². The Balaban J connectivity index is 2.08. The Morgan fingerprint density at radius 2 is 2.10 bits per heavy atom. The lowest BCUT2D eigenvalue weighted by Gasteiger charge is -2.07. The van der Waals surface area contributed by atoms with Crippen LogP contribution in [0.25, 0.3) is 5.69 Å². The van der Waals surface area contributed by atoms with Gasteiger partial charge in [0.25, 0.3) is 0 Å². The number of para-hydroxylation sites is 1. The highest BCUT2D eigenvalue weighted by Gasteiger charge is 2.18. The summed E-state index contributed by atoms with van der Waals surface area (Å²) in [5.74, 6) is 0. The quantitative estimate of drug-likeness (QED) is 0.783. The highest BCUT2D eigenvalue weighted by molar-refractivity contribution is 8.01. The first-order valence-electron chi connectivity index (χ1n) is 6.57. The van der Waals surface area contributed by atoms with Gasteiger partial charge in [-0.2, -0.15) is 5.10 Å². The van der Waals surface area contributed by atoms with Crippen LogP contribution in [-0.2, 0) is 6.42 Å². The molecule has 0 spiro atoms. The Bertz CT molecular complexity index is 707. The highest BCUT2D eigenvalue weighted by Crippen LogP contribution is 2.34. The first-order chi connectivity index (χ1) is 10.3. The summed E-state index contributed by atoms with van der Waals surface area (Å²) in [5, 5.41) is 13.8. The van der Waals surface area contributed by atoms with E-state index in [2.05, 4.69) is 15.3 Å². The molecule has 0 aliphatic heterocycles. The molecule has 0 unspecified atom stereocenters. The maximum atomic E-state index is 5.75. The van der Waals surface area contributed by atoms with E-state index in [0.717, 1.165) is 27.2 Å². The zero-order valence-electron chi connectivity index (χ0n) is 11.6. The van der Waals surface area contributed by atoms with Gasteiger partial charge in [-0.3, -0.25) is 0 Å². The normalized spacial score (nSPS) is 11.0. The summed E-state index contributed by atoms with van der Waals surface area (Å²) in [7, 11) is 0. The molecule has 3 aromatic rings. The van der Waals surface area contributed by atoms with Crippen LogP contribution < -0.4 is 5.73 Å². The second-order valence-electron chi connectivity index (χ2n) is 4.46. The van der Waals surface area contributed by atoms with Crippen LogP contribution in [0.3, 0.4) is 0 Å². The van der Waals surface area contributed by atoms with Gasteiger partial charge in [-0.1, -0.05) is 29.5 Å². The van der Waals surface area contributed by atoms with Crippen LogP contribution >= 0.6 is 23.1 Å². The predicted octanol–water partition coefficient (Wildman–Crippen LogP) is 2.68. The summed E-state index contributed by atoms with van der Waals surface area (Å²) in [4.78, 5) is 0. The van der Waals surface area contributed by atoms with Crippen LogP contribution in [0.15, 0.2) is 45.2 Å². The lowest BCUT2D eigenvalue weighted by Crippen LogP contribution is -2.04. The van der Waals surface area contributed by atoms with E-state index < -0.39 is 0 Å². The van der Waals surface area contributed by atoms with Gasteiger partial charge in [0.1, 0.15) is 10.5 Å². The largest absolute Gasteiger partial charge is 0.330 e. The molecule has 7 heteroatoms. The molecule has 5 nitrogen and oxygen atoms in total. The van der Waals surface area contributed by atoms with Gasteiger partial charge in [-0.25, -0.2) is 4.68 Å². The standard InChI is InChI=1S/C14H15N5S2/c1-10-12(7-8-15)13(21-14-17-16-9-20-14)19(18-10)11-5-3-2-4-6-11/h2-6,9H,7-8,15H2,1H3. The van der Waals surface area contributed by atoms with E-state index in [1.807, 2.05) is 41.9 Å². The third-order valence-electron chi connectivity index (χ3n) is 3.06. The number of nitrogens with zero attached hydrogens (tertiary/aromatic N) is 4. The second-order valence-corrected chi connectivity index (χ2v) is 6.53. The van der Waals surface area contributed by atoms with Crippen LogP contribution in [0.1, 0.15) is 11.3 Å². The number of nitrogens with two attached hydrogens (primary N) is 1. The molecular weight excluding hydrogens is 302 g/mol. The molecule has 0 atom stereocenters. The third kappa shape index (κ3) is 2.99. The minimum absolute atomic E-state index is 0.602. The molecule has 0 amide bonds. The minimum Gasteiger partial charge on any atom is -0.330 e. The van der Waals surface area contributed by atoms with Crippen molar-refractivity contribution >= 4 is 23.1 Å². The summed E-state index contributed by atoms with van der Waals surface area (Å²) in [6.45, 7) is 2.62. The molecule has 0 aliphatic carbocycles. The molecule has 2 N–H and O–H groups in total. The van der Waals surface area contributed by atoms with E-state index in [-0.39, 0.29) is 0 Å². The highest BCUT2D eigenvalue weighted by atomic mass is 32.2. The first kappa shape index (κ1) is 14.2. The van der Waals surface area contributed by atoms with Crippen molar-refractivity contribution in [3.63, 3.8) is 0 Å². The number of aryl methyl sites for hydroxylation is 1. The molecule has 108 valence electrons. The van der Waals surface area contributed by atoms with Gasteiger partial charge in [-0.05, 0) is 43.8 Å². The Hall–Kier alpha value is -1.70. The lowest BCUT2D eigenvalue weighted by molar-refractivity contribution is 0.786. The Kier molecular flexibility index (Phi) is 4.33. The van der Waals surface area contributed by atoms with E-state index in [1.165, 1.54) is 16.9 Å². The molecule has 0 fully saturated rings. The van der Waals surface area contributed by atoms with Crippen molar-refractivity contribution in [1.82, 2.24) is 20.0 Å². The van der Waals surface area contributed by atoms with E-state index >= 15 is 0 Å². The van der Waals surface area contributed by atoms with Crippen molar-refractivity contribution < 1.29 is 0 Å². The maximum Gasteiger partial charge on any atom is 0.180 e. The van der Waals surface area contributed by atoms with E-state index in [4.69, 9.17) is 5.73 Å². The van der Waals surface area contributed by atoms with Gasteiger partial charge in [0.05, 0.1) is 11.4 Å². The number of rotatable bonds is 5. The monoisotopic (exact) mass is 317 g/mol. The SMILES string of the molecule is Cc1nn(-c2ccccc2)c(Sc2nncs2)c1CCN. The van der Waals surface area contributed by atoms with E-state index in [0.29, 0.717) is 6.54 Å². The molecule has 1 aromatic carbocycles. The van der Waals surface area contributed by atoms with Gasteiger partial charge in [0, 0.05) is 5.56 Å². The van der Waals surface area contributed by atoms with Crippen LogP contribution in [0.5, 0.6) is 0 Å². The summed E-state index contributed by atoms with van der Waals surface area (Å²) in [6.07, 6.45) is 0.805. The van der Waals surface area contributed by atoms with Crippen molar-refractivity contribution in [1.29, 1.82) is 0 Å². The number of hydrogen-bond acceptors (Lipinski definition) is 6. The van der Waals surface area contributed by atoms with Crippen molar-refractivity contribution in [2.75, 3.05) is 6.54 Å². The van der Waals surface area contributed by atoms with Crippen molar-refractivity contribution in [3.8, 4) is 5.69 Å². The van der Waals surface area contributed by atoms with Crippen LogP contribution in [0.4, 0.5) is 0 Å². The molecular formula is C14H15N5S2. The molecule has 0 saturated heterocycles. The first-order valence-corrected chi connectivity index (χ1v) is 8.27. The zero-order valence-corrected chi connectivity index (χ0v) is 13.2. The maximum absolute atomic E-state index is 5.75. The fourth-order valence-corrected chi connectivity index (χ4v) is 3.81. The summed E-state index contributed by atoms with van der Waals surface area (Å²) < 4.78 is 2.87. The minimum atomic E-state index is 0.602. The molecule has 0 saturated carbocycles. The molecule has 3 rings (SSSR count). The summed E-state index contributed by atoms with van der Waals surface area (Å²) >= 11 is 3.12. The van der Waals surface area contributed by atoms with E-state index in [9.17, 15) is 0 Å². The molecule has 21 heavy (non-hydrogen) atoms. The molecule has 0 radical (unpaired) electrons. The summed E-state index contributed by atoms with van der Waals surface area (Å²) in [5.41, 5.74) is 10.7. The Labute approximate surface area is 131 Å². The number of hydrogen-bond donors (Lipinski definition) is 1. The van der Waals surface area contributed by atoms with Gasteiger partial charge < -0.3 is 5.73 Å². The van der Waals surface area contributed by atoms with E-state index in [1.54, 1.807) is 17.3 Å². The third-order valence-corrected chi connectivity index (χ3v) is 4.95. The van der Waals surface area contributed by atoms with Crippen molar-refractivity contribution in [2.24, 2.45) is 5.73 Å². The fourth-order valence-electron chi connectivity index (χ4n) is 2.11. The van der Waals surface area contributed by atoms with Crippen molar-refractivity contribution in [2.45, 2.75) is 22.7 Å². The Morgan fingerprint density at radius 3 is 2.76 bits per heavy atom. The zero-order chi connectivity index (χ0) is 14.7. The second kappa shape index (κ2) is 6.38. The molecule has 0 aliphatic rings. The number of benzene rings is 1. The Morgan fingerprint density at radius 1 is 1.29 bits per heavy atom. The predicted molar refractivity (Wildman–Crippen MR) is 85.1 cm³/mol. The van der Waals surface area contributed by atoms with Crippen LogP contribution in [0.2, 0.25) is 0 Å². The van der Waals surface area contributed by atoms with Crippen LogP contribution in [-0.4, -0.2) is 26.5 Å². The van der Waals surface area contributed by atoms with Crippen LogP contribution in [0, 0.1) is 6.92 Å². The smallest absolute Gasteiger partial charge is 0.180 e. The molecule has 2 aromatic heterocycles. The van der Waals surface area contributed by atoms with Crippen molar-refractivity contribution in [3.05, 3.63) is 47.1 Å². The van der Waals surface area contributed by atoms with Gasteiger partial charge in [0.2, 0.25) is 0 Å². The van der Waals surface area contributed by atoms with Gasteiger partial charge in [0.15, 0.2) is 4.34 Å². The average molecular weight is 317 g/mol. The molecule has 2 heterocycles. The summed E-state index contributed by atoms with van der Waals surface area (Å²) in [6, 6.07) is 10.1. The fraction of sp³-hybridized carbons (Fsp3) is 0.214. The average Bonchev–Trinajstić information content (AvgIpc) is 3.12. The topological polar surface area (TPSA) is 69.6 Å². The molecule has 0 bridgehead atoms. The lowest BCUT2D eigenvalue weighted by atomic mass is 10.2. The van der Waals surface area contributed by atoms with Gasteiger partial charge >= 0.3 is 0 Å².